The maximum absolute atomic E-state index is 12.5. The van der Waals surface area contributed by atoms with Gasteiger partial charge in [-0.05, 0) is 45.9 Å². The van der Waals surface area contributed by atoms with Gasteiger partial charge in [0.05, 0.1) is 14.2 Å². The molecular formula is C17H16O4S4. The Labute approximate surface area is 162 Å². The lowest BCUT2D eigenvalue weighted by Gasteiger charge is -2.25. The number of methoxy groups -OCH3 is 2. The second-order valence-electron chi connectivity index (χ2n) is 4.56. The predicted octanol–water partition coefficient (Wildman–Crippen LogP) is 4.91. The van der Waals surface area contributed by atoms with Crippen LogP contribution in [-0.4, -0.2) is 30.2 Å². The van der Waals surface area contributed by atoms with Gasteiger partial charge in [-0.2, -0.15) is 0 Å². The third-order valence-corrected chi connectivity index (χ3v) is 9.42. The van der Waals surface area contributed by atoms with Crippen LogP contribution in [0.25, 0.3) is 0 Å². The van der Waals surface area contributed by atoms with E-state index in [0.29, 0.717) is 0 Å². The molecule has 2 rings (SSSR count). The zero-order chi connectivity index (χ0) is 18.1. The molecule has 0 atom stereocenters. The fourth-order valence-electron chi connectivity index (χ4n) is 1.67. The summed E-state index contributed by atoms with van der Waals surface area (Å²) < 4.78 is 8.28. The van der Waals surface area contributed by atoms with Crippen molar-refractivity contribution >= 4 is 55.1 Å². The van der Waals surface area contributed by atoms with Crippen molar-refractivity contribution in [1.29, 1.82) is 0 Å². The zero-order valence-electron chi connectivity index (χ0n) is 13.5. The van der Waals surface area contributed by atoms with E-state index in [0.717, 1.165) is 31.4 Å². The molecule has 0 aliphatic heterocycles. The molecule has 0 fully saturated rings. The second kappa shape index (κ2) is 10.1. The average Bonchev–Trinajstić information content (AvgIpc) is 2.68. The average molecular weight is 413 g/mol. The molecule has 0 unspecified atom stereocenters. The standard InChI is InChI=1S/C17H16O4S4/c1-20-15(18)17(16(19)21-2,24-22-13-9-5-3-6-10-13)25-23-14-11-7-4-8-12-14/h3-12H,1-2H3. The van der Waals surface area contributed by atoms with Crippen LogP contribution in [0.1, 0.15) is 0 Å². The topological polar surface area (TPSA) is 52.6 Å². The Bertz CT molecular complexity index is 633. The number of hydrogen-bond donors (Lipinski definition) is 0. The summed E-state index contributed by atoms with van der Waals surface area (Å²) in [5, 5.41) is 0. The number of ether oxygens (including phenoxy) is 2. The zero-order valence-corrected chi connectivity index (χ0v) is 16.8. The first-order valence-electron chi connectivity index (χ1n) is 7.10. The maximum Gasteiger partial charge on any atom is 0.345 e. The third-order valence-electron chi connectivity index (χ3n) is 2.91. The van der Waals surface area contributed by atoms with E-state index in [2.05, 4.69) is 0 Å². The van der Waals surface area contributed by atoms with Crippen molar-refractivity contribution in [2.45, 2.75) is 13.9 Å². The van der Waals surface area contributed by atoms with Gasteiger partial charge in [-0.25, -0.2) is 9.59 Å². The lowest BCUT2D eigenvalue weighted by Crippen LogP contribution is -2.41. The van der Waals surface area contributed by atoms with Crippen molar-refractivity contribution in [2.24, 2.45) is 0 Å². The van der Waals surface area contributed by atoms with Gasteiger partial charge in [0.15, 0.2) is 0 Å². The fraction of sp³-hybridized carbons (Fsp3) is 0.176. The van der Waals surface area contributed by atoms with Gasteiger partial charge in [-0.15, -0.1) is 0 Å². The summed E-state index contributed by atoms with van der Waals surface area (Å²) in [6, 6.07) is 19.0. The molecule has 0 aliphatic carbocycles. The van der Waals surface area contributed by atoms with Crippen LogP contribution in [0.3, 0.4) is 0 Å². The molecule has 0 amide bonds. The summed E-state index contributed by atoms with van der Waals surface area (Å²) in [4.78, 5) is 26.8. The molecule has 0 aliphatic rings. The van der Waals surface area contributed by atoms with Crippen molar-refractivity contribution in [3.63, 3.8) is 0 Å². The summed E-state index contributed by atoms with van der Waals surface area (Å²) >= 11 is 0. The van der Waals surface area contributed by atoms with Crippen molar-refractivity contribution in [2.75, 3.05) is 14.2 Å². The first-order chi connectivity index (χ1) is 12.1. The van der Waals surface area contributed by atoms with Crippen LogP contribution in [0.5, 0.6) is 0 Å². The molecule has 2 aromatic rings. The highest BCUT2D eigenvalue weighted by Crippen LogP contribution is 2.54. The highest BCUT2D eigenvalue weighted by molar-refractivity contribution is 8.86. The van der Waals surface area contributed by atoms with Crippen molar-refractivity contribution in [1.82, 2.24) is 0 Å². The molecule has 8 heteroatoms. The number of esters is 2. The molecule has 2 aromatic carbocycles. The van der Waals surface area contributed by atoms with E-state index in [1.54, 1.807) is 0 Å². The SMILES string of the molecule is COC(=O)C(SSc1ccccc1)(SSc1ccccc1)C(=O)OC. The fourth-order valence-corrected chi connectivity index (χ4v) is 7.72. The van der Waals surface area contributed by atoms with Crippen molar-refractivity contribution < 1.29 is 19.1 Å². The van der Waals surface area contributed by atoms with Crippen LogP contribution in [0.4, 0.5) is 0 Å². The Morgan fingerprint density at radius 3 is 1.40 bits per heavy atom. The smallest absolute Gasteiger partial charge is 0.345 e. The molecule has 25 heavy (non-hydrogen) atoms. The van der Waals surface area contributed by atoms with Gasteiger partial charge in [-0.3, -0.25) is 0 Å². The Morgan fingerprint density at radius 1 is 0.720 bits per heavy atom. The van der Waals surface area contributed by atoms with Crippen LogP contribution < -0.4 is 0 Å². The lowest BCUT2D eigenvalue weighted by atomic mass is 10.4. The molecule has 0 heterocycles. The molecule has 0 aromatic heterocycles. The van der Waals surface area contributed by atoms with Gasteiger partial charge in [-0.1, -0.05) is 58.0 Å². The largest absolute Gasteiger partial charge is 0.467 e. The van der Waals surface area contributed by atoms with Gasteiger partial charge in [0, 0.05) is 9.79 Å². The summed E-state index contributed by atoms with van der Waals surface area (Å²) in [5.41, 5.74) is 0. The van der Waals surface area contributed by atoms with E-state index in [9.17, 15) is 9.59 Å². The monoisotopic (exact) mass is 412 g/mol. The summed E-state index contributed by atoms with van der Waals surface area (Å²) in [5.74, 6) is -1.30. The van der Waals surface area contributed by atoms with Crippen molar-refractivity contribution in [3.05, 3.63) is 60.7 Å². The van der Waals surface area contributed by atoms with E-state index in [1.165, 1.54) is 35.8 Å². The van der Waals surface area contributed by atoms with Gasteiger partial charge >= 0.3 is 11.9 Å². The van der Waals surface area contributed by atoms with Gasteiger partial charge in [0.25, 0.3) is 4.08 Å². The number of hydrogen-bond acceptors (Lipinski definition) is 8. The summed E-state index contributed by atoms with van der Waals surface area (Å²) in [6.45, 7) is 0. The number of carbonyl (C=O) groups excluding carboxylic acids is 2. The molecule has 0 radical (unpaired) electrons. The molecule has 0 saturated carbocycles. The van der Waals surface area contributed by atoms with Gasteiger partial charge < -0.3 is 9.47 Å². The normalized spacial score (nSPS) is 11.0. The van der Waals surface area contributed by atoms with E-state index >= 15 is 0 Å². The number of carbonyl (C=O) groups is 2. The molecule has 0 spiro atoms. The van der Waals surface area contributed by atoms with Crippen LogP contribution in [0.15, 0.2) is 70.5 Å². The van der Waals surface area contributed by atoms with E-state index in [-0.39, 0.29) is 0 Å². The van der Waals surface area contributed by atoms with Crippen LogP contribution >= 0.6 is 43.2 Å². The third kappa shape index (κ3) is 5.37. The van der Waals surface area contributed by atoms with Gasteiger partial charge in [0.2, 0.25) is 0 Å². The van der Waals surface area contributed by atoms with Crippen LogP contribution in [-0.2, 0) is 19.1 Å². The number of rotatable bonds is 8. The van der Waals surface area contributed by atoms with E-state index < -0.39 is 16.0 Å². The minimum Gasteiger partial charge on any atom is -0.467 e. The quantitative estimate of drug-likeness (QED) is 0.262. The predicted molar refractivity (Wildman–Crippen MR) is 107 cm³/mol. The molecule has 0 saturated heterocycles. The molecule has 0 bridgehead atoms. The van der Waals surface area contributed by atoms with E-state index in [4.69, 9.17) is 9.47 Å². The molecule has 4 nitrogen and oxygen atoms in total. The Morgan fingerprint density at radius 2 is 1.08 bits per heavy atom. The summed E-state index contributed by atoms with van der Waals surface area (Å²) in [7, 11) is 7.43. The van der Waals surface area contributed by atoms with Crippen LogP contribution in [0, 0.1) is 0 Å². The lowest BCUT2D eigenvalue weighted by molar-refractivity contribution is -0.151. The Kier molecular flexibility index (Phi) is 8.08. The first kappa shape index (κ1) is 20.1. The molecule has 132 valence electrons. The second-order valence-corrected chi connectivity index (χ2v) is 9.65. The van der Waals surface area contributed by atoms with Crippen LogP contribution in [0.2, 0.25) is 0 Å². The summed E-state index contributed by atoms with van der Waals surface area (Å²) in [6.07, 6.45) is 0. The molecule has 0 N–H and O–H groups in total. The highest BCUT2D eigenvalue weighted by Gasteiger charge is 2.51. The Hall–Kier alpha value is -1.22. The van der Waals surface area contributed by atoms with Gasteiger partial charge in [0.1, 0.15) is 0 Å². The molecular weight excluding hydrogens is 396 g/mol. The maximum atomic E-state index is 12.5. The minimum atomic E-state index is -1.54. The van der Waals surface area contributed by atoms with Crippen molar-refractivity contribution in [3.8, 4) is 0 Å². The minimum absolute atomic E-state index is 0.652. The Balaban J connectivity index is 2.24. The van der Waals surface area contributed by atoms with E-state index in [1.807, 2.05) is 60.7 Å². The highest BCUT2D eigenvalue weighted by atomic mass is 33.1. The first-order valence-corrected chi connectivity index (χ1v) is 11.4. The number of benzene rings is 2.